The van der Waals surface area contributed by atoms with Crippen molar-refractivity contribution in [3.63, 3.8) is 0 Å². The predicted molar refractivity (Wildman–Crippen MR) is 96.4 cm³/mol. The van der Waals surface area contributed by atoms with Crippen LogP contribution in [0.4, 0.5) is 5.82 Å². The van der Waals surface area contributed by atoms with Crippen LogP contribution in [0, 0.1) is 0 Å². The fraction of sp³-hybridized carbons (Fsp3) is 0.0500. The van der Waals surface area contributed by atoms with Gasteiger partial charge in [0.25, 0.3) is 0 Å². The maximum Gasteiger partial charge on any atom is 0.154 e. The minimum absolute atomic E-state index is 0.459. The van der Waals surface area contributed by atoms with E-state index in [4.69, 9.17) is 5.73 Å². The first-order chi connectivity index (χ1) is 11.8. The number of aromatic nitrogens is 3. The maximum absolute atomic E-state index is 6.08. The van der Waals surface area contributed by atoms with Crippen molar-refractivity contribution >= 4 is 16.6 Å². The Bertz CT molecular complexity index is 982. The second kappa shape index (κ2) is 6.08. The molecule has 0 radical (unpaired) electrons. The second-order valence-electron chi connectivity index (χ2n) is 5.66. The van der Waals surface area contributed by atoms with Crippen LogP contribution in [0.5, 0.6) is 0 Å². The van der Waals surface area contributed by atoms with Crippen LogP contribution in [-0.4, -0.2) is 15.2 Å². The summed E-state index contributed by atoms with van der Waals surface area (Å²) in [6.07, 6.45) is 4.27. The number of benzene rings is 2. The van der Waals surface area contributed by atoms with E-state index in [0.717, 1.165) is 33.2 Å². The van der Waals surface area contributed by atoms with Gasteiger partial charge in [-0.05, 0) is 28.8 Å². The molecule has 0 aliphatic carbocycles. The van der Waals surface area contributed by atoms with Gasteiger partial charge in [0, 0.05) is 29.6 Å². The summed E-state index contributed by atoms with van der Waals surface area (Å²) >= 11 is 0. The summed E-state index contributed by atoms with van der Waals surface area (Å²) in [5, 5.41) is 10.5. The molecule has 2 aromatic carbocycles. The Balaban J connectivity index is 1.96. The summed E-state index contributed by atoms with van der Waals surface area (Å²) in [6.45, 7) is 0. The second-order valence-corrected chi connectivity index (χ2v) is 5.66. The molecule has 2 aromatic heterocycles. The van der Waals surface area contributed by atoms with Crippen molar-refractivity contribution in [2.45, 2.75) is 6.42 Å². The van der Waals surface area contributed by atoms with E-state index in [1.165, 1.54) is 0 Å². The van der Waals surface area contributed by atoms with Gasteiger partial charge in [0.05, 0.1) is 5.69 Å². The van der Waals surface area contributed by atoms with E-state index < -0.39 is 0 Å². The number of nitrogens with two attached hydrogens (primary N) is 1. The molecule has 0 spiro atoms. The van der Waals surface area contributed by atoms with E-state index in [0.29, 0.717) is 12.2 Å². The minimum Gasteiger partial charge on any atom is -0.382 e. The van der Waals surface area contributed by atoms with Gasteiger partial charge in [-0.3, -0.25) is 4.98 Å². The standard InChI is InChI=1S/C20H16N4/c21-20-17-8-4-7-16(15-5-2-1-3-6-15)19(17)18(23-24-20)13-14-9-11-22-12-10-14/h1-12H,13H2,(H2,21,24). The maximum atomic E-state index is 6.08. The van der Waals surface area contributed by atoms with Crippen LogP contribution in [-0.2, 0) is 6.42 Å². The monoisotopic (exact) mass is 312 g/mol. The lowest BCUT2D eigenvalue weighted by Crippen LogP contribution is -2.02. The Kier molecular flexibility index (Phi) is 3.63. The number of hydrogen-bond donors (Lipinski definition) is 1. The van der Waals surface area contributed by atoms with Gasteiger partial charge >= 0.3 is 0 Å². The van der Waals surface area contributed by atoms with Gasteiger partial charge in [0.15, 0.2) is 5.82 Å². The van der Waals surface area contributed by atoms with Crippen molar-refractivity contribution in [1.82, 2.24) is 15.2 Å². The van der Waals surface area contributed by atoms with Gasteiger partial charge in [-0.15, -0.1) is 5.10 Å². The Morgan fingerprint density at radius 1 is 0.792 bits per heavy atom. The van der Waals surface area contributed by atoms with Gasteiger partial charge in [0.1, 0.15) is 0 Å². The van der Waals surface area contributed by atoms with Crippen molar-refractivity contribution in [2.75, 3.05) is 5.73 Å². The summed E-state index contributed by atoms with van der Waals surface area (Å²) in [4.78, 5) is 4.07. The van der Waals surface area contributed by atoms with E-state index >= 15 is 0 Å². The zero-order valence-electron chi connectivity index (χ0n) is 13.1. The lowest BCUT2D eigenvalue weighted by atomic mass is 9.95. The van der Waals surface area contributed by atoms with E-state index in [2.05, 4.69) is 33.4 Å². The SMILES string of the molecule is Nc1nnc(Cc2ccncc2)c2c(-c3ccccc3)cccc12. The average Bonchev–Trinajstić information content (AvgIpc) is 2.65. The van der Waals surface area contributed by atoms with E-state index in [9.17, 15) is 0 Å². The minimum atomic E-state index is 0.459. The molecule has 0 fully saturated rings. The normalized spacial score (nSPS) is 10.8. The molecular formula is C20H16N4. The zero-order valence-corrected chi connectivity index (χ0v) is 13.1. The molecule has 2 N–H and O–H groups in total. The van der Waals surface area contributed by atoms with Crippen molar-refractivity contribution in [1.29, 1.82) is 0 Å². The molecule has 0 saturated heterocycles. The highest BCUT2D eigenvalue weighted by Gasteiger charge is 2.13. The molecule has 2 heterocycles. The topological polar surface area (TPSA) is 64.7 Å². The smallest absolute Gasteiger partial charge is 0.154 e. The molecule has 0 atom stereocenters. The summed E-state index contributed by atoms with van der Waals surface area (Å²) in [5.41, 5.74) is 10.4. The Morgan fingerprint density at radius 2 is 1.58 bits per heavy atom. The molecule has 4 rings (SSSR count). The van der Waals surface area contributed by atoms with Gasteiger partial charge in [0.2, 0.25) is 0 Å². The third-order valence-electron chi connectivity index (χ3n) is 4.11. The fourth-order valence-corrected chi connectivity index (χ4v) is 2.97. The van der Waals surface area contributed by atoms with E-state index in [1.54, 1.807) is 12.4 Å². The molecule has 0 saturated carbocycles. The number of nitrogens with zero attached hydrogens (tertiary/aromatic N) is 3. The molecule has 24 heavy (non-hydrogen) atoms. The summed E-state index contributed by atoms with van der Waals surface area (Å²) in [7, 11) is 0. The number of nitrogen functional groups attached to an aromatic ring is 1. The van der Waals surface area contributed by atoms with Crippen LogP contribution >= 0.6 is 0 Å². The molecule has 0 bridgehead atoms. The van der Waals surface area contributed by atoms with Gasteiger partial charge in [-0.25, -0.2) is 0 Å². The number of rotatable bonds is 3. The largest absolute Gasteiger partial charge is 0.382 e. The molecule has 0 unspecified atom stereocenters. The summed E-state index contributed by atoms with van der Waals surface area (Å²) < 4.78 is 0. The van der Waals surface area contributed by atoms with Crippen LogP contribution in [0.3, 0.4) is 0 Å². The third kappa shape index (κ3) is 2.58. The number of anilines is 1. The summed E-state index contributed by atoms with van der Waals surface area (Å²) in [5.74, 6) is 0.459. The van der Waals surface area contributed by atoms with E-state index in [1.807, 2.05) is 42.5 Å². The predicted octanol–water partition coefficient (Wildman–Crippen LogP) is 3.86. The Morgan fingerprint density at radius 3 is 2.38 bits per heavy atom. The van der Waals surface area contributed by atoms with Crippen LogP contribution < -0.4 is 5.73 Å². The quantitative estimate of drug-likeness (QED) is 0.624. The van der Waals surface area contributed by atoms with Crippen LogP contribution in [0.1, 0.15) is 11.3 Å². The Labute approximate surface area is 140 Å². The van der Waals surface area contributed by atoms with Crippen LogP contribution in [0.15, 0.2) is 73.1 Å². The van der Waals surface area contributed by atoms with Gasteiger partial charge in [-0.1, -0.05) is 48.5 Å². The van der Waals surface area contributed by atoms with Crippen LogP contribution in [0.25, 0.3) is 21.9 Å². The Hall–Kier alpha value is -3.27. The number of hydrogen-bond acceptors (Lipinski definition) is 4. The van der Waals surface area contributed by atoms with Crippen molar-refractivity contribution < 1.29 is 0 Å². The first-order valence-electron chi connectivity index (χ1n) is 7.81. The first-order valence-corrected chi connectivity index (χ1v) is 7.81. The molecule has 0 aliphatic heterocycles. The molecular weight excluding hydrogens is 296 g/mol. The van der Waals surface area contributed by atoms with E-state index in [-0.39, 0.29) is 0 Å². The molecule has 4 heteroatoms. The van der Waals surface area contributed by atoms with Crippen LogP contribution in [0.2, 0.25) is 0 Å². The highest BCUT2D eigenvalue weighted by molar-refractivity contribution is 6.02. The number of pyridine rings is 1. The average molecular weight is 312 g/mol. The molecule has 0 aliphatic rings. The van der Waals surface area contributed by atoms with Crippen molar-refractivity contribution in [2.24, 2.45) is 0 Å². The summed E-state index contributed by atoms with van der Waals surface area (Å²) in [6, 6.07) is 20.4. The molecule has 0 amide bonds. The van der Waals surface area contributed by atoms with Crippen molar-refractivity contribution in [3.05, 3.63) is 84.3 Å². The molecule has 4 aromatic rings. The molecule has 116 valence electrons. The number of fused-ring (bicyclic) bond motifs is 1. The van der Waals surface area contributed by atoms with Crippen molar-refractivity contribution in [3.8, 4) is 11.1 Å². The highest BCUT2D eigenvalue weighted by Crippen LogP contribution is 2.33. The third-order valence-corrected chi connectivity index (χ3v) is 4.11. The fourth-order valence-electron chi connectivity index (χ4n) is 2.97. The molecule has 4 nitrogen and oxygen atoms in total. The highest BCUT2D eigenvalue weighted by atomic mass is 15.1. The lowest BCUT2D eigenvalue weighted by molar-refractivity contribution is 0.963. The lowest BCUT2D eigenvalue weighted by Gasteiger charge is -2.12. The van der Waals surface area contributed by atoms with Gasteiger partial charge < -0.3 is 5.73 Å². The van der Waals surface area contributed by atoms with Gasteiger partial charge in [-0.2, -0.15) is 5.10 Å². The zero-order chi connectivity index (χ0) is 16.4. The first kappa shape index (κ1) is 14.3.